The summed E-state index contributed by atoms with van der Waals surface area (Å²) in [4.78, 5) is 22.9. The van der Waals surface area contributed by atoms with Crippen LogP contribution in [0.1, 0.15) is 5.56 Å². The minimum atomic E-state index is -0.650. The Balaban J connectivity index is 1.83. The molecule has 7 heteroatoms. The Morgan fingerprint density at radius 1 is 1.03 bits per heavy atom. The van der Waals surface area contributed by atoms with Crippen LogP contribution in [0.3, 0.4) is 0 Å². The molecule has 142 valence electrons. The van der Waals surface area contributed by atoms with Crippen molar-refractivity contribution in [1.29, 1.82) is 5.26 Å². The second kappa shape index (κ2) is 8.97. The van der Waals surface area contributed by atoms with Gasteiger partial charge in [0.2, 0.25) is 0 Å². The Labute approximate surface area is 166 Å². The first kappa shape index (κ1) is 19.3. The van der Waals surface area contributed by atoms with Crippen molar-refractivity contribution >= 4 is 23.4 Å². The van der Waals surface area contributed by atoms with E-state index in [-0.39, 0.29) is 11.3 Å². The number of nitriles is 1. The zero-order valence-electron chi connectivity index (χ0n) is 15.1. The molecule has 1 N–H and O–H groups in total. The number of rotatable bonds is 6. The summed E-state index contributed by atoms with van der Waals surface area (Å²) < 4.78 is 5.79. The molecule has 0 atom stereocenters. The number of amides is 1. The molecule has 3 aromatic rings. The summed E-state index contributed by atoms with van der Waals surface area (Å²) >= 11 is 0. The van der Waals surface area contributed by atoms with Crippen LogP contribution in [-0.4, -0.2) is 10.8 Å². The van der Waals surface area contributed by atoms with Crippen LogP contribution in [0.4, 0.5) is 11.4 Å². The summed E-state index contributed by atoms with van der Waals surface area (Å²) in [7, 11) is 0. The van der Waals surface area contributed by atoms with Gasteiger partial charge in [0.1, 0.15) is 17.4 Å². The fourth-order valence-electron chi connectivity index (χ4n) is 2.51. The van der Waals surface area contributed by atoms with Crippen LogP contribution in [0.2, 0.25) is 0 Å². The molecule has 0 aromatic heterocycles. The molecule has 29 heavy (non-hydrogen) atoms. The zero-order chi connectivity index (χ0) is 20.6. The van der Waals surface area contributed by atoms with E-state index in [9.17, 15) is 20.2 Å². The van der Waals surface area contributed by atoms with Crippen molar-refractivity contribution in [1.82, 2.24) is 0 Å². The molecule has 0 saturated heterocycles. The van der Waals surface area contributed by atoms with Gasteiger partial charge in [-0.05, 0) is 35.9 Å². The van der Waals surface area contributed by atoms with Gasteiger partial charge in [0.05, 0.1) is 10.6 Å². The van der Waals surface area contributed by atoms with E-state index < -0.39 is 10.8 Å². The summed E-state index contributed by atoms with van der Waals surface area (Å²) in [5.41, 5.74) is 0.444. The van der Waals surface area contributed by atoms with E-state index in [0.717, 1.165) is 0 Å². The lowest BCUT2D eigenvalue weighted by atomic mass is 10.1. The number of para-hydroxylation sites is 3. The molecular weight excluding hydrogens is 370 g/mol. The first-order valence-electron chi connectivity index (χ1n) is 8.56. The monoisotopic (exact) mass is 385 g/mol. The van der Waals surface area contributed by atoms with Crippen LogP contribution in [0.15, 0.2) is 84.4 Å². The summed E-state index contributed by atoms with van der Waals surface area (Å²) in [5, 5.41) is 22.9. The number of nitro groups is 1. The lowest BCUT2D eigenvalue weighted by molar-refractivity contribution is -0.384. The SMILES string of the molecule is N#C/C(=C\c1cccc([N+](=O)[O-])c1)C(=O)Nc1ccccc1Oc1ccccc1. The Bertz CT molecular complexity index is 1120. The largest absolute Gasteiger partial charge is 0.455 e. The molecule has 3 aromatic carbocycles. The lowest BCUT2D eigenvalue weighted by Crippen LogP contribution is -2.14. The molecule has 0 spiro atoms. The van der Waals surface area contributed by atoms with Crippen molar-refractivity contribution in [2.24, 2.45) is 0 Å². The molecule has 0 fully saturated rings. The molecule has 0 bridgehead atoms. The van der Waals surface area contributed by atoms with Crippen LogP contribution in [0, 0.1) is 21.4 Å². The van der Waals surface area contributed by atoms with Crippen LogP contribution in [0.5, 0.6) is 11.5 Å². The van der Waals surface area contributed by atoms with E-state index in [4.69, 9.17) is 4.74 Å². The van der Waals surface area contributed by atoms with Crippen LogP contribution in [0.25, 0.3) is 6.08 Å². The highest BCUT2D eigenvalue weighted by atomic mass is 16.6. The van der Waals surface area contributed by atoms with E-state index >= 15 is 0 Å². The number of hydrogen-bond acceptors (Lipinski definition) is 5. The number of ether oxygens (including phenoxy) is 1. The highest BCUT2D eigenvalue weighted by Crippen LogP contribution is 2.29. The number of anilines is 1. The lowest BCUT2D eigenvalue weighted by Gasteiger charge is -2.12. The number of nitrogens with zero attached hydrogens (tertiary/aromatic N) is 2. The average molecular weight is 385 g/mol. The number of non-ortho nitro benzene ring substituents is 1. The van der Waals surface area contributed by atoms with Gasteiger partial charge < -0.3 is 10.1 Å². The van der Waals surface area contributed by atoms with Gasteiger partial charge in [0.25, 0.3) is 11.6 Å². The second-order valence-electron chi connectivity index (χ2n) is 5.89. The molecular formula is C22H15N3O4. The average Bonchev–Trinajstić information content (AvgIpc) is 2.74. The van der Waals surface area contributed by atoms with Gasteiger partial charge in [-0.15, -0.1) is 0 Å². The maximum atomic E-state index is 12.6. The molecule has 0 saturated carbocycles. The van der Waals surface area contributed by atoms with Crippen LogP contribution >= 0.6 is 0 Å². The predicted octanol–water partition coefficient (Wildman–Crippen LogP) is 4.93. The van der Waals surface area contributed by atoms with Gasteiger partial charge in [0, 0.05) is 12.1 Å². The van der Waals surface area contributed by atoms with Crippen LogP contribution < -0.4 is 10.1 Å². The summed E-state index contributed by atoms with van der Waals surface area (Å²) in [6.45, 7) is 0. The maximum Gasteiger partial charge on any atom is 0.270 e. The Morgan fingerprint density at radius 2 is 1.76 bits per heavy atom. The Hall–Kier alpha value is -4.44. The highest BCUT2D eigenvalue weighted by molar-refractivity contribution is 6.10. The number of benzene rings is 3. The summed E-state index contributed by atoms with van der Waals surface area (Å²) in [5.74, 6) is 0.365. The fraction of sp³-hybridized carbons (Fsp3) is 0. The molecule has 0 unspecified atom stereocenters. The normalized spacial score (nSPS) is 10.7. The van der Waals surface area contributed by atoms with Gasteiger partial charge >= 0.3 is 0 Å². The quantitative estimate of drug-likeness (QED) is 0.280. The number of carbonyl (C=O) groups excluding carboxylic acids is 1. The van der Waals surface area contributed by atoms with Crippen molar-refractivity contribution in [3.8, 4) is 17.6 Å². The molecule has 0 radical (unpaired) electrons. The van der Waals surface area contributed by atoms with E-state index in [1.807, 2.05) is 24.3 Å². The third kappa shape index (κ3) is 5.05. The molecule has 1 amide bonds. The van der Waals surface area contributed by atoms with Gasteiger partial charge in [-0.3, -0.25) is 14.9 Å². The molecule has 0 aliphatic rings. The predicted molar refractivity (Wildman–Crippen MR) is 108 cm³/mol. The summed E-state index contributed by atoms with van der Waals surface area (Å²) in [6.07, 6.45) is 1.29. The number of nitrogens with one attached hydrogen (secondary N) is 1. The van der Waals surface area contributed by atoms with E-state index in [2.05, 4.69) is 5.32 Å². The number of nitro benzene ring substituents is 1. The molecule has 0 aliphatic carbocycles. The van der Waals surface area contributed by atoms with E-state index in [1.165, 1.54) is 24.3 Å². The second-order valence-corrected chi connectivity index (χ2v) is 5.89. The first-order chi connectivity index (χ1) is 14.1. The van der Waals surface area contributed by atoms with Crippen molar-refractivity contribution < 1.29 is 14.5 Å². The Morgan fingerprint density at radius 3 is 2.48 bits per heavy atom. The molecule has 0 aliphatic heterocycles. The van der Waals surface area contributed by atoms with Crippen LogP contribution in [-0.2, 0) is 4.79 Å². The fourth-order valence-corrected chi connectivity index (χ4v) is 2.51. The Kier molecular flexibility index (Phi) is 5.98. The van der Waals surface area contributed by atoms with E-state index in [1.54, 1.807) is 42.5 Å². The topological polar surface area (TPSA) is 105 Å². The molecule has 7 nitrogen and oxygen atoms in total. The third-order valence-corrected chi connectivity index (χ3v) is 3.86. The van der Waals surface area contributed by atoms with Crippen molar-refractivity contribution in [2.75, 3.05) is 5.32 Å². The zero-order valence-corrected chi connectivity index (χ0v) is 15.1. The number of hydrogen-bond donors (Lipinski definition) is 1. The van der Waals surface area contributed by atoms with Gasteiger partial charge in [0.15, 0.2) is 5.75 Å². The van der Waals surface area contributed by atoms with E-state index in [0.29, 0.717) is 22.7 Å². The van der Waals surface area contributed by atoms with Gasteiger partial charge in [-0.1, -0.05) is 42.5 Å². The van der Waals surface area contributed by atoms with Crippen molar-refractivity contribution in [2.45, 2.75) is 0 Å². The minimum absolute atomic E-state index is 0.127. The third-order valence-electron chi connectivity index (χ3n) is 3.86. The molecule has 3 rings (SSSR count). The van der Waals surface area contributed by atoms with Gasteiger partial charge in [-0.2, -0.15) is 5.26 Å². The van der Waals surface area contributed by atoms with Gasteiger partial charge in [-0.25, -0.2) is 0 Å². The standard InChI is InChI=1S/C22H15N3O4/c23-15-17(13-16-7-6-8-18(14-16)25(27)28)22(26)24-20-11-4-5-12-21(20)29-19-9-2-1-3-10-19/h1-14H,(H,24,26)/b17-13+. The first-order valence-corrected chi connectivity index (χ1v) is 8.56. The van der Waals surface area contributed by atoms with Crippen molar-refractivity contribution in [3.63, 3.8) is 0 Å². The number of carbonyl (C=O) groups is 1. The smallest absolute Gasteiger partial charge is 0.270 e. The highest BCUT2D eigenvalue weighted by Gasteiger charge is 2.14. The van der Waals surface area contributed by atoms with Crippen molar-refractivity contribution in [3.05, 3.63) is 100 Å². The maximum absolute atomic E-state index is 12.6. The molecule has 0 heterocycles. The minimum Gasteiger partial charge on any atom is -0.455 e. The summed E-state index contributed by atoms with van der Waals surface area (Å²) in [6, 6.07) is 23.4.